The first-order chi connectivity index (χ1) is 8.22. The van der Waals surface area contributed by atoms with Crippen LogP contribution < -0.4 is 11.5 Å². The van der Waals surface area contributed by atoms with Gasteiger partial charge in [0.25, 0.3) is 0 Å². The molecule has 0 aromatic rings. The first-order valence-electron chi connectivity index (χ1n) is 6.58. The second kappa shape index (κ2) is 5.80. The molecular weight excluding hydrogens is 218 g/mol. The van der Waals surface area contributed by atoms with Gasteiger partial charge < -0.3 is 16.2 Å². The molecule has 5 heteroatoms. The van der Waals surface area contributed by atoms with Crippen LogP contribution in [0.2, 0.25) is 0 Å². The summed E-state index contributed by atoms with van der Waals surface area (Å²) in [5.41, 5.74) is 11.1. The molecule has 3 unspecified atom stereocenters. The fraction of sp³-hybridized carbons (Fsp3) is 0.917. The van der Waals surface area contributed by atoms with Crippen LogP contribution in [-0.2, 0) is 9.53 Å². The highest BCUT2D eigenvalue weighted by Crippen LogP contribution is 2.30. The number of nitrogens with two attached hydrogens (primary N) is 2. The molecule has 5 nitrogen and oxygen atoms in total. The molecule has 2 fully saturated rings. The van der Waals surface area contributed by atoms with E-state index in [1.165, 1.54) is 12.8 Å². The Labute approximate surface area is 102 Å². The third kappa shape index (κ3) is 2.97. The van der Waals surface area contributed by atoms with Crippen LogP contribution in [0.4, 0.5) is 0 Å². The minimum atomic E-state index is -0.265. The summed E-state index contributed by atoms with van der Waals surface area (Å²) in [5.74, 6) is -0.265. The molecular formula is C12H23N3O2. The van der Waals surface area contributed by atoms with E-state index in [1.54, 1.807) is 0 Å². The summed E-state index contributed by atoms with van der Waals surface area (Å²) in [7, 11) is 0. The number of carbonyl (C=O) groups is 1. The number of rotatable bonds is 4. The molecule has 0 bridgehead atoms. The summed E-state index contributed by atoms with van der Waals surface area (Å²) in [6.07, 6.45) is 5.47. The minimum absolute atomic E-state index is 0.0852. The summed E-state index contributed by atoms with van der Waals surface area (Å²) < 4.78 is 5.81. The molecule has 2 rings (SSSR count). The van der Waals surface area contributed by atoms with Crippen molar-refractivity contribution in [2.45, 2.75) is 50.3 Å². The highest BCUT2D eigenvalue weighted by atomic mass is 16.5. The number of nitrogens with zero attached hydrogens (tertiary/aromatic N) is 1. The third-order valence-corrected chi connectivity index (χ3v) is 3.95. The van der Waals surface area contributed by atoms with Gasteiger partial charge in [0, 0.05) is 31.6 Å². The molecule has 0 spiro atoms. The zero-order chi connectivity index (χ0) is 12.3. The Morgan fingerprint density at radius 2 is 2.18 bits per heavy atom. The fourth-order valence-electron chi connectivity index (χ4n) is 3.15. The second-order valence-electron chi connectivity index (χ2n) is 5.06. The average molecular weight is 241 g/mol. The van der Waals surface area contributed by atoms with E-state index in [-0.39, 0.29) is 11.9 Å². The van der Waals surface area contributed by atoms with Gasteiger partial charge in [-0.15, -0.1) is 0 Å². The van der Waals surface area contributed by atoms with Crippen LogP contribution in [0.5, 0.6) is 0 Å². The smallest absolute Gasteiger partial charge is 0.219 e. The van der Waals surface area contributed by atoms with Crippen molar-refractivity contribution in [2.75, 3.05) is 19.7 Å². The van der Waals surface area contributed by atoms with E-state index in [1.807, 2.05) is 0 Å². The summed E-state index contributed by atoms with van der Waals surface area (Å²) in [6, 6.07) is 0.521. The summed E-state index contributed by atoms with van der Waals surface area (Å²) in [5, 5.41) is 0. The van der Waals surface area contributed by atoms with Crippen LogP contribution in [0.3, 0.4) is 0 Å². The molecule has 3 atom stereocenters. The molecule has 4 N–H and O–H groups in total. The second-order valence-corrected chi connectivity index (χ2v) is 5.06. The zero-order valence-corrected chi connectivity index (χ0v) is 10.3. The van der Waals surface area contributed by atoms with Gasteiger partial charge in [-0.2, -0.15) is 0 Å². The lowest BCUT2D eigenvalue weighted by Crippen LogP contribution is -2.58. The molecule has 0 aromatic carbocycles. The van der Waals surface area contributed by atoms with Crippen molar-refractivity contribution in [1.82, 2.24) is 4.90 Å². The third-order valence-electron chi connectivity index (χ3n) is 3.95. The maximum Gasteiger partial charge on any atom is 0.219 e. The van der Waals surface area contributed by atoms with Gasteiger partial charge in [-0.1, -0.05) is 12.8 Å². The van der Waals surface area contributed by atoms with Crippen molar-refractivity contribution < 1.29 is 9.53 Å². The predicted molar refractivity (Wildman–Crippen MR) is 65.4 cm³/mol. The Hall–Kier alpha value is -0.650. The Balaban J connectivity index is 2.03. The van der Waals surface area contributed by atoms with Gasteiger partial charge in [0.05, 0.1) is 12.7 Å². The van der Waals surface area contributed by atoms with Gasteiger partial charge in [-0.05, 0) is 12.8 Å². The van der Waals surface area contributed by atoms with Crippen LogP contribution in [-0.4, -0.2) is 48.7 Å². The van der Waals surface area contributed by atoms with Crippen LogP contribution in [0.1, 0.15) is 32.1 Å². The lowest BCUT2D eigenvalue weighted by Gasteiger charge is -2.47. The van der Waals surface area contributed by atoms with E-state index >= 15 is 0 Å². The standard InChI is InChI=1S/C12H23N3O2/c13-8-9(7-12(14)16)15-5-6-17-11-4-2-1-3-10(11)15/h9-11H,1-8,13H2,(H2,14,16). The van der Waals surface area contributed by atoms with Crippen molar-refractivity contribution in [2.24, 2.45) is 11.5 Å². The molecule has 1 aliphatic carbocycles. The maximum absolute atomic E-state index is 11.1. The van der Waals surface area contributed by atoms with E-state index in [4.69, 9.17) is 16.2 Å². The number of fused-ring (bicyclic) bond motifs is 1. The quantitative estimate of drug-likeness (QED) is 0.716. The van der Waals surface area contributed by atoms with E-state index in [9.17, 15) is 4.79 Å². The van der Waals surface area contributed by atoms with Gasteiger partial charge in [-0.3, -0.25) is 9.69 Å². The largest absolute Gasteiger partial charge is 0.375 e. The van der Waals surface area contributed by atoms with Crippen molar-refractivity contribution in [3.05, 3.63) is 0 Å². The lowest BCUT2D eigenvalue weighted by atomic mass is 9.89. The number of amides is 1. The molecule has 0 radical (unpaired) electrons. The fourth-order valence-corrected chi connectivity index (χ4v) is 3.15. The molecule has 2 aliphatic rings. The van der Waals surface area contributed by atoms with Crippen LogP contribution in [0.15, 0.2) is 0 Å². The van der Waals surface area contributed by atoms with Gasteiger partial charge in [0.15, 0.2) is 0 Å². The first-order valence-corrected chi connectivity index (χ1v) is 6.58. The van der Waals surface area contributed by atoms with E-state index in [2.05, 4.69) is 4.90 Å². The highest BCUT2D eigenvalue weighted by Gasteiger charge is 2.37. The Morgan fingerprint density at radius 1 is 1.41 bits per heavy atom. The summed E-state index contributed by atoms with van der Waals surface area (Å²) in [6.45, 7) is 2.11. The highest BCUT2D eigenvalue weighted by molar-refractivity contribution is 5.74. The van der Waals surface area contributed by atoms with Crippen LogP contribution in [0, 0.1) is 0 Å². The van der Waals surface area contributed by atoms with Crippen molar-refractivity contribution in [3.8, 4) is 0 Å². The first kappa shape index (κ1) is 12.8. The van der Waals surface area contributed by atoms with E-state index in [0.29, 0.717) is 25.1 Å². The summed E-state index contributed by atoms with van der Waals surface area (Å²) >= 11 is 0. The van der Waals surface area contributed by atoms with Gasteiger partial charge in [0.2, 0.25) is 5.91 Å². The molecule has 98 valence electrons. The van der Waals surface area contributed by atoms with Gasteiger partial charge in [-0.25, -0.2) is 0 Å². The molecule has 1 aliphatic heterocycles. The molecule has 1 saturated heterocycles. The average Bonchev–Trinajstić information content (AvgIpc) is 2.35. The Bertz CT molecular complexity index is 270. The predicted octanol–water partition coefficient (Wildman–Crippen LogP) is -0.167. The van der Waals surface area contributed by atoms with Crippen molar-refractivity contribution >= 4 is 5.91 Å². The number of hydrogen-bond donors (Lipinski definition) is 2. The molecule has 0 aromatic heterocycles. The number of ether oxygens (including phenoxy) is 1. The molecule has 17 heavy (non-hydrogen) atoms. The number of morpholine rings is 1. The van der Waals surface area contributed by atoms with Crippen molar-refractivity contribution in [3.63, 3.8) is 0 Å². The Morgan fingerprint density at radius 3 is 2.88 bits per heavy atom. The van der Waals surface area contributed by atoms with Gasteiger partial charge >= 0.3 is 0 Å². The number of carbonyl (C=O) groups excluding carboxylic acids is 1. The van der Waals surface area contributed by atoms with Gasteiger partial charge in [0.1, 0.15) is 0 Å². The normalized spacial score (nSPS) is 31.8. The van der Waals surface area contributed by atoms with E-state index < -0.39 is 0 Å². The molecule has 1 amide bonds. The number of hydrogen-bond acceptors (Lipinski definition) is 4. The maximum atomic E-state index is 11.1. The minimum Gasteiger partial charge on any atom is -0.375 e. The molecule has 1 heterocycles. The number of primary amides is 1. The van der Waals surface area contributed by atoms with E-state index in [0.717, 1.165) is 26.0 Å². The lowest BCUT2D eigenvalue weighted by molar-refractivity contribution is -0.124. The SMILES string of the molecule is NCC(CC(N)=O)N1CCOC2CCCCC21. The monoisotopic (exact) mass is 241 g/mol. The van der Waals surface area contributed by atoms with Crippen LogP contribution >= 0.6 is 0 Å². The summed E-state index contributed by atoms with van der Waals surface area (Å²) in [4.78, 5) is 13.4. The van der Waals surface area contributed by atoms with Crippen LogP contribution in [0.25, 0.3) is 0 Å². The zero-order valence-electron chi connectivity index (χ0n) is 10.3. The van der Waals surface area contributed by atoms with Crippen molar-refractivity contribution in [1.29, 1.82) is 0 Å². The Kier molecular flexibility index (Phi) is 4.36. The topological polar surface area (TPSA) is 81.6 Å². The molecule has 1 saturated carbocycles.